The molecule has 1 atom stereocenters. The van der Waals surface area contributed by atoms with Crippen LogP contribution in [0, 0.1) is 6.92 Å². The highest BCUT2D eigenvalue weighted by Crippen LogP contribution is 2.15. The van der Waals surface area contributed by atoms with Crippen molar-refractivity contribution in [3.8, 4) is 0 Å². The lowest BCUT2D eigenvalue weighted by Gasteiger charge is -2.14. The molecule has 2 aromatic rings. The van der Waals surface area contributed by atoms with E-state index in [9.17, 15) is 13.6 Å². The van der Waals surface area contributed by atoms with Gasteiger partial charge in [0, 0.05) is 0 Å². The lowest BCUT2D eigenvalue weighted by Crippen LogP contribution is -2.44. The van der Waals surface area contributed by atoms with Gasteiger partial charge >= 0.3 is 0 Å². The predicted octanol–water partition coefficient (Wildman–Crippen LogP) is -0.894. The van der Waals surface area contributed by atoms with Crippen LogP contribution in [0.25, 0.3) is 0 Å². The van der Waals surface area contributed by atoms with Crippen LogP contribution in [-0.4, -0.2) is 54.1 Å². The molecule has 0 saturated carbocycles. The van der Waals surface area contributed by atoms with E-state index in [1.807, 2.05) is 29.3 Å². The molecule has 1 heterocycles. The van der Waals surface area contributed by atoms with Crippen LogP contribution < -0.4 is 15.3 Å². The van der Waals surface area contributed by atoms with Crippen molar-refractivity contribution in [3.63, 3.8) is 0 Å². The number of rotatable bonds is 9. The highest BCUT2D eigenvalue weighted by molar-refractivity contribution is 7.87. The molecule has 1 aromatic carbocycles. The monoisotopic (exact) mass is 400 g/mol. The largest absolute Gasteiger partial charge is 0.395 e. The van der Waals surface area contributed by atoms with E-state index in [0.717, 1.165) is 5.56 Å². The number of amidine groups is 1. The van der Waals surface area contributed by atoms with Crippen LogP contribution in [-0.2, 0) is 21.6 Å². The third-order valence-corrected chi connectivity index (χ3v) is 3.93. The average molecular weight is 400 g/mol. The standard InChI is InChI=1S/C14H20N6O6S/c1-9-2-4-10(5-3-9)16-14(17-22)13-12(18-26-19-13)8-25-7-11(6-21)20-27(15,23)24/h2-5,11,20-22H,6-8H2,1H3,(H,16,17)(H2,15,23,24). The molecule has 2 rings (SSSR count). The number of hydrogen-bond donors (Lipinski definition) is 5. The summed E-state index contributed by atoms with van der Waals surface area (Å²) in [6, 6.07) is 6.28. The Balaban J connectivity index is 2.06. The minimum Gasteiger partial charge on any atom is -0.395 e. The summed E-state index contributed by atoms with van der Waals surface area (Å²) in [4.78, 5) is 4.22. The van der Waals surface area contributed by atoms with Gasteiger partial charge in [0.05, 0.1) is 31.5 Å². The number of hydroxylamine groups is 1. The fourth-order valence-corrected chi connectivity index (χ4v) is 2.62. The SMILES string of the molecule is Cc1ccc(N=C(NO)c2nonc2COCC(CO)NS(N)(=O)=O)cc1. The van der Waals surface area contributed by atoms with Crippen molar-refractivity contribution in [3.05, 3.63) is 41.2 Å². The number of benzene rings is 1. The molecule has 0 amide bonds. The number of nitrogens with two attached hydrogens (primary N) is 1. The molecule has 0 aliphatic rings. The van der Waals surface area contributed by atoms with E-state index in [4.69, 9.17) is 15.0 Å². The van der Waals surface area contributed by atoms with Gasteiger partial charge in [0.1, 0.15) is 5.69 Å². The quantitative estimate of drug-likeness (QED) is 0.202. The molecule has 1 unspecified atom stereocenters. The first-order valence-electron chi connectivity index (χ1n) is 7.68. The fraction of sp³-hybridized carbons (Fsp3) is 0.357. The maximum absolute atomic E-state index is 11.0. The van der Waals surface area contributed by atoms with E-state index in [2.05, 4.69) is 19.9 Å². The Morgan fingerprint density at radius 1 is 1.37 bits per heavy atom. The van der Waals surface area contributed by atoms with E-state index in [1.165, 1.54) is 0 Å². The summed E-state index contributed by atoms with van der Waals surface area (Å²) in [6.07, 6.45) is 0. The number of hydrogen-bond acceptors (Lipinski definition) is 9. The molecule has 0 aliphatic carbocycles. The molecule has 148 valence electrons. The summed E-state index contributed by atoms with van der Waals surface area (Å²) in [7, 11) is -3.98. The zero-order valence-electron chi connectivity index (χ0n) is 14.4. The van der Waals surface area contributed by atoms with E-state index < -0.39 is 22.9 Å². The molecule has 1 aromatic heterocycles. The Hall–Kier alpha value is -2.42. The number of ether oxygens (including phenoxy) is 1. The summed E-state index contributed by atoms with van der Waals surface area (Å²) in [6.45, 7) is 1.09. The van der Waals surface area contributed by atoms with Gasteiger partial charge in [0.25, 0.3) is 10.2 Å². The van der Waals surface area contributed by atoms with Gasteiger partial charge in [-0.05, 0) is 24.2 Å². The van der Waals surface area contributed by atoms with E-state index in [1.54, 1.807) is 12.1 Å². The Kier molecular flexibility index (Phi) is 7.35. The van der Waals surface area contributed by atoms with Crippen LogP contribution in [0.3, 0.4) is 0 Å². The first kappa shape index (κ1) is 20.9. The van der Waals surface area contributed by atoms with Crippen LogP contribution in [0.5, 0.6) is 0 Å². The van der Waals surface area contributed by atoms with Crippen molar-refractivity contribution in [2.75, 3.05) is 13.2 Å². The maximum atomic E-state index is 11.0. The molecule has 6 N–H and O–H groups in total. The number of aliphatic hydroxyl groups is 1. The van der Waals surface area contributed by atoms with E-state index in [-0.39, 0.29) is 30.4 Å². The summed E-state index contributed by atoms with van der Waals surface area (Å²) in [5, 5.41) is 30.7. The van der Waals surface area contributed by atoms with Gasteiger partial charge in [-0.15, -0.1) is 0 Å². The summed E-state index contributed by atoms with van der Waals surface area (Å²) < 4.78 is 33.9. The summed E-state index contributed by atoms with van der Waals surface area (Å²) in [5.74, 6) is -0.0138. The highest BCUT2D eigenvalue weighted by Gasteiger charge is 2.18. The second-order valence-corrected chi connectivity index (χ2v) is 6.85. The Labute approximate surface area is 155 Å². The van der Waals surface area contributed by atoms with E-state index >= 15 is 0 Å². The number of aryl methyl sites for hydroxylation is 1. The van der Waals surface area contributed by atoms with Crippen LogP contribution in [0.15, 0.2) is 33.9 Å². The highest BCUT2D eigenvalue weighted by atomic mass is 32.2. The molecule has 0 bridgehead atoms. The Bertz CT molecular complexity index is 866. The van der Waals surface area contributed by atoms with Crippen LogP contribution in [0.2, 0.25) is 0 Å². The van der Waals surface area contributed by atoms with Crippen LogP contribution >= 0.6 is 0 Å². The molecule has 0 spiro atoms. The van der Waals surface area contributed by atoms with E-state index in [0.29, 0.717) is 5.69 Å². The first-order chi connectivity index (χ1) is 12.8. The van der Waals surface area contributed by atoms with Crippen LogP contribution in [0.4, 0.5) is 5.69 Å². The first-order valence-corrected chi connectivity index (χ1v) is 9.23. The van der Waals surface area contributed by atoms with Crippen LogP contribution in [0.1, 0.15) is 17.0 Å². The summed E-state index contributed by atoms with van der Waals surface area (Å²) >= 11 is 0. The molecule has 13 heteroatoms. The molecule has 27 heavy (non-hydrogen) atoms. The fourth-order valence-electron chi connectivity index (χ4n) is 2.01. The number of aromatic nitrogens is 2. The third kappa shape index (κ3) is 6.67. The van der Waals surface area contributed by atoms with Crippen molar-refractivity contribution in [1.29, 1.82) is 0 Å². The molecule has 0 saturated heterocycles. The zero-order chi connectivity index (χ0) is 19.9. The lowest BCUT2D eigenvalue weighted by molar-refractivity contribution is 0.0813. The Morgan fingerprint density at radius 2 is 2.07 bits per heavy atom. The van der Waals surface area contributed by atoms with Gasteiger partial charge in [-0.2, -0.15) is 13.1 Å². The lowest BCUT2D eigenvalue weighted by atomic mass is 10.2. The maximum Gasteiger partial charge on any atom is 0.274 e. The van der Waals surface area contributed by atoms with Gasteiger partial charge < -0.3 is 9.84 Å². The topological polar surface area (TPSA) is 185 Å². The van der Waals surface area contributed by atoms with Crippen molar-refractivity contribution in [2.24, 2.45) is 10.1 Å². The molecular weight excluding hydrogens is 380 g/mol. The Morgan fingerprint density at radius 3 is 2.67 bits per heavy atom. The zero-order valence-corrected chi connectivity index (χ0v) is 15.2. The molecule has 0 fully saturated rings. The third-order valence-electron chi connectivity index (χ3n) is 3.27. The van der Waals surface area contributed by atoms with Crippen molar-refractivity contribution in [2.45, 2.75) is 19.6 Å². The second-order valence-electron chi connectivity index (χ2n) is 5.52. The second kappa shape index (κ2) is 9.50. The van der Waals surface area contributed by atoms with Crippen molar-refractivity contribution in [1.82, 2.24) is 20.5 Å². The summed E-state index contributed by atoms with van der Waals surface area (Å²) in [5.41, 5.74) is 3.86. The average Bonchev–Trinajstić information content (AvgIpc) is 3.07. The van der Waals surface area contributed by atoms with Crippen molar-refractivity contribution < 1.29 is 28.1 Å². The number of aliphatic imine (C=N–C) groups is 1. The molecule has 0 aliphatic heterocycles. The molecule has 0 radical (unpaired) electrons. The normalized spacial score (nSPS) is 13.6. The predicted molar refractivity (Wildman–Crippen MR) is 93.4 cm³/mol. The number of aliphatic hydroxyl groups excluding tert-OH is 1. The minimum atomic E-state index is -3.98. The van der Waals surface area contributed by atoms with Gasteiger partial charge in [-0.1, -0.05) is 22.9 Å². The number of nitrogens with zero attached hydrogens (tertiary/aromatic N) is 3. The molecular formula is C14H20N6O6S. The van der Waals surface area contributed by atoms with Gasteiger partial charge in [0.2, 0.25) is 0 Å². The smallest absolute Gasteiger partial charge is 0.274 e. The van der Waals surface area contributed by atoms with Gasteiger partial charge in [0.15, 0.2) is 11.5 Å². The number of nitrogens with one attached hydrogen (secondary N) is 2. The van der Waals surface area contributed by atoms with Gasteiger partial charge in [-0.25, -0.2) is 14.8 Å². The molecule has 12 nitrogen and oxygen atoms in total. The van der Waals surface area contributed by atoms with Gasteiger partial charge in [-0.3, -0.25) is 10.7 Å². The van der Waals surface area contributed by atoms with Crippen molar-refractivity contribution >= 4 is 21.7 Å². The minimum absolute atomic E-state index is 0.0138.